The van der Waals surface area contributed by atoms with Crippen LogP contribution in [0.25, 0.3) is 0 Å². The largest absolute Gasteiger partial charge is 0.300 e. The van der Waals surface area contributed by atoms with Crippen LogP contribution in [-0.4, -0.2) is 48.6 Å². The predicted molar refractivity (Wildman–Crippen MR) is 62.5 cm³/mol. The molecular formula is C12H21N3. The zero-order valence-electron chi connectivity index (χ0n) is 9.65. The first kappa shape index (κ1) is 12.2. The molecule has 3 nitrogen and oxygen atoms in total. The van der Waals surface area contributed by atoms with Crippen LogP contribution in [-0.2, 0) is 0 Å². The number of nitrogens with zero attached hydrogens (tertiary/aromatic N) is 3. The van der Waals surface area contributed by atoms with Gasteiger partial charge in [-0.2, -0.15) is 5.26 Å². The van der Waals surface area contributed by atoms with Crippen LogP contribution in [0.15, 0.2) is 12.7 Å². The lowest BCUT2D eigenvalue weighted by Crippen LogP contribution is -2.49. The van der Waals surface area contributed by atoms with Crippen LogP contribution in [0.1, 0.15) is 19.8 Å². The first-order valence-corrected chi connectivity index (χ1v) is 5.78. The monoisotopic (exact) mass is 207 g/mol. The first-order chi connectivity index (χ1) is 7.31. The molecule has 0 aromatic rings. The van der Waals surface area contributed by atoms with Crippen molar-refractivity contribution in [3.63, 3.8) is 0 Å². The van der Waals surface area contributed by atoms with Crippen molar-refractivity contribution in [2.24, 2.45) is 0 Å². The van der Waals surface area contributed by atoms with E-state index in [1.54, 1.807) is 0 Å². The second kappa shape index (κ2) is 6.60. The molecule has 3 heteroatoms. The van der Waals surface area contributed by atoms with Crippen molar-refractivity contribution in [1.82, 2.24) is 9.80 Å². The quantitative estimate of drug-likeness (QED) is 0.640. The molecule has 15 heavy (non-hydrogen) atoms. The zero-order chi connectivity index (χ0) is 11.1. The van der Waals surface area contributed by atoms with E-state index in [0.29, 0.717) is 0 Å². The summed E-state index contributed by atoms with van der Waals surface area (Å²) in [6.07, 6.45) is 3.97. The molecule has 1 rings (SSSR count). The summed E-state index contributed by atoms with van der Waals surface area (Å²) in [5.41, 5.74) is 0. The van der Waals surface area contributed by atoms with Crippen LogP contribution >= 0.6 is 0 Å². The molecule has 1 aliphatic heterocycles. The highest BCUT2D eigenvalue weighted by Crippen LogP contribution is 2.08. The summed E-state index contributed by atoms with van der Waals surface area (Å²) >= 11 is 0. The Balaban J connectivity index is 2.29. The van der Waals surface area contributed by atoms with Crippen molar-refractivity contribution in [3.8, 4) is 6.07 Å². The maximum atomic E-state index is 8.97. The van der Waals surface area contributed by atoms with Crippen LogP contribution in [0.2, 0.25) is 0 Å². The molecule has 0 radical (unpaired) electrons. The van der Waals surface area contributed by atoms with E-state index in [2.05, 4.69) is 29.4 Å². The second-order valence-corrected chi connectivity index (χ2v) is 4.01. The molecule has 1 aliphatic rings. The number of rotatable bonds is 5. The molecule has 1 fully saturated rings. The molecule has 0 amide bonds. The number of nitriles is 1. The molecule has 0 aromatic carbocycles. The molecule has 0 N–H and O–H groups in total. The topological polar surface area (TPSA) is 30.3 Å². The van der Waals surface area contributed by atoms with Crippen LogP contribution in [0.4, 0.5) is 0 Å². The molecule has 0 saturated carbocycles. The fourth-order valence-corrected chi connectivity index (χ4v) is 2.00. The van der Waals surface area contributed by atoms with Gasteiger partial charge in [0.15, 0.2) is 0 Å². The van der Waals surface area contributed by atoms with Crippen molar-refractivity contribution in [2.75, 3.05) is 32.7 Å². The molecule has 0 aromatic heterocycles. The third kappa shape index (κ3) is 3.65. The Morgan fingerprint density at radius 1 is 1.40 bits per heavy atom. The Hall–Kier alpha value is -0.850. The SMILES string of the molecule is C=CCCN1CCN(C(C#N)CC)CC1. The van der Waals surface area contributed by atoms with Gasteiger partial charge in [-0.3, -0.25) is 4.90 Å². The first-order valence-electron chi connectivity index (χ1n) is 5.78. The Morgan fingerprint density at radius 2 is 2.07 bits per heavy atom. The average Bonchev–Trinajstić information content (AvgIpc) is 2.29. The third-order valence-electron chi connectivity index (χ3n) is 3.03. The minimum Gasteiger partial charge on any atom is -0.300 e. The Labute approximate surface area is 93.0 Å². The maximum absolute atomic E-state index is 8.97. The molecule has 0 spiro atoms. The number of hydrogen-bond acceptors (Lipinski definition) is 3. The van der Waals surface area contributed by atoms with E-state index in [4.69, 9.17) is 5.26 Å². The van der Waals surface area contributed by atoms with E-state index < -0.39 is 0 Å². The maximum Gasteiger partial charge on any atom is 0.0976 e. The van der Waals surface area contributed by atoms with Crippen molar-refractivity contribution < 1.29 is 0 Å². The fourth-order valence-electron chi connectivity index (χ4n) is 2.00. The van der Waals surface area contributed by atoms with E-state index >= 15 is 0 Å². The van der Waals surface area contributed by atoms with Crippen molar-refractivity contribution in [2.45, 2.75) is 25.8 Å². The summed E-state index contributed by atoms with van der Waals surface area (Å²) in [6.45, 7) is 11.2. The molecule has 1 unspecified atom stereocenters. The third-order valence-corrected chi connectivity index (χ3v) is 3.03. The highest BCUT2D eigenvalue weighted by Gasteiger charge is 2.21. The summed E-state index contributed by atoms with van der Waals surface area (Å²) in [5, 5.41) is 8.97. The summed E-state index contributed by atoms with van der Waals surface area (Å²) in [6, 6.07) is 2.49. The molecule has 0 bridgehead atoms. The fraction of sp³-hybridized carbons (Fsp3) is 0.750. The molecule has 1 atom stereocenters. The van der Waals surface area contributed by atoms with E-state index in [0.717, 1.165) is 45.6 Å². The molecule has 1 heterocycles. The van der Waals surface area contributed by atoms with Gasteiger partial charge in [0.25, 0.3) is 0 Å². The Bertz CT molecular complexity index is 224. The van der Waals surface area contributed by atoms with Crippen molar-refractivity contribution >= 4 is 0 Å². The minimum absolute atomic E-state index is 0.117. The van der Waals surface area contributed by atoms with Gasteiger partial charge in [-0.05, 0) is 12.8 Å². The normalized spacial score (nSPS) is 20.8. The predicted octanol–water partition coefficient (Wildman–Crippen LogP) is 1.48. The van der Waals surface area contributed by atoms with Crippen LogP contribution in [0.3, 0.4) is 0 Å². The second-order valence-electron chi connectivity index (χ2n) is 4.01. The van der Waals surface area contributed by atoms with Gasteiger partial charge in [-0.1, -0.05) is 13.0 Å². The van der Waals surface area contributed by atoms with Gasteiger partial charge >= 0.3 is 0 Å². The lowest BCUT2D eigenvalue weighted by molar-refractivity contribution is 0.114. The number of piperazine rings is 1. The molecule has 0 aliphatic carbocycles. The smallest absolute Gasteiger partial charge is 0.0976 e. The van der Waals surface area contributed by atoms with Crippen molar-refractivity contribution in [1.29, 1.82) is 5.26 Å². The average molecular weight is 207 g/mol. The minimum atomic E-state index is 0.117. The highest BCUT2D eigenvalue weighted by atomic mass is 15.3. The van der Waals surface area contributed by atoms with Gasteiger partial charge in [-0.15, -0.1) is 6.58 Å². The summed E-state index contributed by atoms with van der Waals surface area (Å²) in [4.78, 5) is 4.74. The number of hydrogen-bond donors (Lipinski definition) is 0. The molecular weight excluding hydrogens is 186 g/mol. The van der Waals surface area contributed by atoms with Crippen LogP contribution < -0.4 is 0 Å². The lowest BCUT2D eigenvalue weighted by atomic mass is 10.2. The van der Waals surface area contributed by atoms with Crippen LogP contribution in [0.5, 0.6) is 0 Å². The molecule has 84 valence electrons. The van der Waals surface area contributed by atoms with Gasteiger partial charge in [0.1, 0.15) is 0 Å². The van der Waals surface area contributed by atoms with Gasteiger partial charge < -0.3 is 4.90 Å². The highest BCUT2D eigenvalue weighted by molar-refractivity contribution is 4.92. The zero-order valence-corrected chi connectivity index (χ0v) is 9.65. The molecule has 1 saturated heterocycles. The van der Waals surface area contributed by atoms with Gasteiger partial charge in [0.2, 0.25) is 0 Å². The summed E-state index contributed by atoms with van der Waals surface area (Å²) < 4.78 is 0. The summed E-state index contributed by atoms with van der Waals surface area (Å²) in [5.74, 6) is 0. The van der Waals surface area contributed by atoms with Crippen LogP contribution in [0, 0.1) is 11.3 Å². The van der Waals surface area contributed by atoms with E-state index in [-0.39, 0.29) is 6.04 Å². The standard InChI is InChI=1S/C12H21N3/c1-3-5-6-14-7-9-15(10-8-14)12(4-2)11-13/h3,12H,1,4-10H2,2H3. The van der Waals surface area contributed by atoms with E-state index in [1.165, 1.54) is 0 Å². The van der Waals surface area contributed by atoms with E-state index in [9.17, 15) is 0 Å². The van der Waals surface area contributed by atoms with E-state index in [1.807, 2.05) is 6.08 Å². The Morgan fingerprint density at radius 3 is 2.53 bits per heavy atom. The van der Waals surface area contributed by atoms with Gasteiger partial charge in [0.05, 0.1) is 12.1 Å². The van der Waals surface area contributed by atoms with Crippen molar-refractivity contribution in [3.05, 3.63) is 12.7 Å². The van der Waals surface area contributed by atoms with Gasteiger partial charge in [0, 0.05) is 32.7 Å². The van der Waals surface area contributed by atoms with Gasteiger partial charge in [-0.25, -0.2) is 0 Å². The Kier molecular flexibility index (Phi) is 5.38. The summed E-state index contributed by atoms with van der Waals surface area (Å²) in [7, 11) is 0. The lowest BCUT2D eigenvalue weighted by Gasteiger charge is -2.36.